The van der Waals surface area contributed by atoms with Crippen molar-refractivity contribution in [1.82, 2.24) is 0 Å². The molecule has 2 aromatic carbocycles. The molecule has 0 aromatic heterocycles. The van der Waals surface area contributed by atoms with Gasteiger partial charge in [-0.25, -0.2) is 0 Å². The highest BCUT2D eigenvalue weighted by atomic mass is 16.6. The topological polar surface area (TPSA) is 51.2 Å². The Kier molecular flexibility index (Phi) is 8.34. The molecule has 0 bridgehead atoms. The van der Waals surface area contributed by atoms with E-state index in [0.717, 1.165) is 18.1 Å². The van der Waals surface area contributed by atoms with Gasteiger partial charge in [-0.2, -0.15) is 0 Å². The van der Waals surface area contributed by atoms with E-state index in [-0.39, 0.29) is 5.41 Å². The van der Waals surface area contributed by atoms with Crippen molar-refractivity contribution in [3.05, 3.63) is 59.7 Å². The molecule has 2 unspecified atom stereocenters. The number of methoxy groups -OCH3 is 1. The number of ether oxygens (including phenoxy) is 3. The van der Waals surface area contributed by atoms with Crippen LogP contribution in [0.15, 0.2) is 48.5 Å². The van der Waals surface area contributed by atoms with Gasteiger partial charge in [0.05, 0.1) is 25.9 Å². The lowest BCUT2D eigenvalue weighted by Gasteiger charge is -2.26. The van der Waals surface area contributed by atoms with E-state index in [1.165, 1.54) is 17.5 Å². The normalized spacial score (nSPS) is 16.6. The highest BCUT2D eigenvalue weighted by molar-refractivity contribution is 5.41. The molecule has 1 heterocycles. The van der Waals surface area contributed by atoms with E-state index in [9.17, 15) is 5.11 Å². The van der Waals surface area contributed by atoms with Crippen molar-refractivity contribution in [2.24, 2.45) is 0 Å². The molecule has 1 N–H and O–H groups in total. The summed E-state index contributed by atoms with van der Waals surface area (Å²) in [4.78, 5) is 0. The minimum absolute atomic E-state index is 0.103. The summed E-state index contributed by atoms with van der Waals surface area (Å²) in [5, 5.41) is 9.56. The van der Waals surface area contributed by atoms with Gasteiger partial charge in [0.1, 0.15) is 18.1 Å². The second-order valence-corrected chi connectivity index (χ2v) is 7.61. The van der Waals surface area contributed by atoms with E-state index in [1.807, 2.05) is 31.2 Å². The van der Waals surface area contributed by atoms with Gasteiger partial charge in [-0.3, -0.25) is 0 Å². The molecule has 0 saturated carbocycles. The van der Waals surface area contributed by atoms with Crippen molar-refractivity contribution < 1.29 is 19.3 Å². The number of hydrogen-bond acceptors (Lipinski definition) is 4. The van der Waals surface area contributed by atoms with Crippen molar-refractivity contribution in [3.8, 4) is 11.5 Å². The Morgan fingerprint density at radius 2 is 1.50 bits per heavy atom. The minimum atomic E-state index is -0.412. The molecule has 4 nitrogen and oxygen atoms in total. The molecule has 0 aliphatic carbocycles. The van der Waals surface area contributed by atoms with Crippen LogP contribution in [0, 0.1) is 0 Å². The van der Waals surface area contributed by atoms with E-state index in [4.69, 9.17) is 14.2 Å². The predicted molar refractivity (Wildman–Crippen MR) is 113 cm³/mol. The molecule has 2 atom stereocenters. The second-order valence-electron chi connectivity index (χ2n) is 7.61. The van der Waals surface area contributed by atoms with Gasteiger partial charge in [0.2, 0.25) is 0 Å². The maximum absolute atomic E-state index is 9.56. The molecule has 1 fully saturated rings. The predicted octanol–water partition coefficient (Wildman–Crippen LogP) is 4.97. The van der Waals surface area contributed by atoms with Crippen molar-refractivity contribution >= 4 is 0 Å². The summed E-state index contributed by atoms with van der Waals surface area (Å²) in [6.07, 6.45) is 2.11. The zero-order valence-electron chi connectivity index (χ0n) is 17.8. The molecular formula is C24H34O4. The number of hydrogen-bond donors (Lipinski definition) is 1. The van der Waals surface area contributed by atoms with Crippen LogP contribution in [0.3, 0.4) is 0 Å². The van der Waals surface area contributed by atoms with Gasteiger partial charge in [-0.15, -0.1) is 0 Å². The Hall–Kier alpha value is -2.04. The van der Waals surface area contributed by atoms with E-state index in [2.05, 4.69) is 45.0 Å². The van der Waals surface area contributed by atoms with Crippen molar-refractivity contribution in [2.45, 2.75) is 58.2 Å². The number of rotatable bonds is 8. The van der Waals surface area contributed by atoms with Crippen LogP contribution in [0.25, 0.3) is 0 Å². The first-order chi connectivity index (χ1) is 13.4. The maximum atomic E-state index is 9.56. The standard InChI is InChI=1S/C20H26O3.C4H8O/c1-5-17(21)14-23-19-12-8-16(9-13-19)20(2,3)15-6-10-18(22-4)11-7-15;1-2-4-3-5-4/h6-13,17,21H,5,14H2,1-4H3;4H,2-3H2,1H3. The van der Waals surface area contributed by atoms with Gasteiger partial charge in [-0.05, 0) is 48.2 Å². The summed E-state index contributed by atoms with van der Waals surface area (Å²) in [6.45, 7) is 9.82. The third kappa shape index (κ3) is 6.54. The molecule has 1 aliphatic heterocycles. The van der Waals surface area contributed by atoms with E-state index >= 15 is 0 Å². The Balaban J connectivity index is 0.000000485. The Morgan fingerprint density at radius 1 is 1.00 bits per heavy atom. The van der Waals surface area contributed by atoms with Crippen LogP contribution in [0.5, 0.6) is 11.5 Å². The summed E-state index contributed by atoms with van der Waals surface area (Å²) in [5.74, 6) is 1.65. The first-order valence-electron chi connectivity index (χ1n) is 10.1. The van der Waals surface area contributed by atoms with E-state index in [0.29, 0.717) is 19.1 Å². The minimum Gasteiger partial charge on any atom is -0.497 e. The van der Waals surface area contributed by atoms with Gasteiger partial charge in [-0.1, -0.05) is 52.0 Å². The van der Waals surface area contributed by atoms with Crippen LogP contribution in [0.4, 0.5) is 0 Å². The first kappa shape index (κ1) is 22.3. The molecule has 4 heteroatoms. The summed E-state index contributed by atoms with van der Waals surface area (Å²) in [6, 6.07) is 16.3. The van der Waals surface area contributed by atoms with Crippen LogP contribution < -0.4 is 9.47 Å². The average molecular weight is 387 g/mol. The highest BCUT2D eigenvalue weighted by Crippen LogP contribution is 2.33. The Morgan fingerprint density at radius 3 is 1.86 bits per heavy atom. The summed E-state index contributed by atoms with van der Waals surface area (Å²) in [5.41, 5.74) is 2.34. The molecular weight excluding hydrogens is 352 g/mol. The number of aliphatic hydroxyl groups excluding tert-OH is 1. The molecule has 0 spiro atoms. The smallest absolute Gasteiger partial charge is 0.119 e. The lowest BCUT2D eigenvalue weighted by Crippen LogP contribution is -2.19. The summed E-state index contributed by atoms with van der Waals surface area (Å²) >= 11 is 0. The molecule has 154 valence electrons. The van der Waals surface area contributed by atoms with Gasteiger partial charge < -0.3 is 19.3 Å². The molecule has 0 amide bonds. The van der Waals surface area contributed by atoms with Crippen molar-refractivity contribution in [1.29, 1.82) is 0 Å². The van der Waals surface area contributed by atoms with E-state index in [1.54, 1.807) is 7.11 Å². The second kappa shape index (κ2) is 10.5. The van der Waals surface area contributed by atoms with Gasteiger partial charge in [0.15, 0.2) is 0 Å². The monoisotopic (exact) mass is 386 g/mol. The molecule has 28 heavy (non-hydrogen) atoms. The molecule has 1 aliphatic rings. The molecule has 0 radical (unpaired) electrons. The zero-order chi connectivity index (χ0) is 20.6. The first-order valence-corrected chi connectivity index (χ1v) is 10.1. The third-order valence-corrected chi connectivity index (χ3v) is 5.16. The van der Waals surface area contributed by atoms with Crippen molar-refractivity contribution in [3.63, 3.8) is 0 Å². The maximum Gasteiger partial charge on any atom is 0.119 e. The highest BCUT2D eigenvalue weighted by Gasteiger charge is 2.23. The molecule has 2 aromatic rings. The fourth-order valence-electron chi connectivity index (χ4n) is 2.76. The van der Waals surface area contributed by atoms with Crippen LogP contribution in [0.2, 0.25) is 0 Å². The quantitative estimate of drug-likeness (QED) is 0.651. The largest absolute Gasteiger partial charge is 0.497 e. The van der Waals surface area contributed by atoms with Gasteiger partial charge in [0.25, 0.3) is 0 Å². The fourth-order valence-corrected chi connectivity index (χ4v) is 2.76. The lowest BCUT2D eigenvalue weighted by atomic mass is 9.78. The van der Waals surface area contributed by atoms with Crippen LogP contribution in [0.1, 0.15) is 51.7 Å². The summed E-state index contributed by atoms with van der Waals surface area (Å²) in [7, 11) is 1.67. The summed E-state index contributed by atoms with van der Waals surface area (Å²) < 4.78 is 15.7. The van der Waals surface area contributed by atoms with Crippen molar-refractivity contribution in [2.75, 3.05) is 20.3 Å². The van der Waals surface area contributed by atoms with E-state index < -0.39 is 6.10 Å². The lowest BCUT2D eigenvalue weighted by molar-refractivity contribution is 0.104. The Bertz CT molecular complexity index is 688. The van der Waals surface area contributed by atoms with Crippen LogP contribution in [-0.2, 0) is 10.2 Å². The SMILES string of the molecule is CCC(O)COc1ccc(C(C)(C)c2ccc(OC)cc2)cc1.CCC1CO1. The molecule has 1 saturated heterocycles. The number of epoxide rings is 1. The van der Waals surface area contributed by atoms with Crippen LogP contribution in [-0.4, -0.2) is 37.6 Å². The number of benzene rings is 2. The zero-order valence-corrected chi connectivity index (χ0v) is 17.8. The van der Waals surface area contributed by atoms with Gasteiger partial charge in [0, 0.05) is 5.41 Å². The Labute approximate surface area is 169 Å². The van der Waals surface area contributed by atoms with Crippen LogP contribution >= 0.6 is 0 Å². The van der Waals surface area contributed by atoms with Gasteiger partial charge >= 0.3 is 0 Å². The fraction of sp³-hybridized carbons (Fsp3) is 0.500. The average Bonchev–Trinajstić information content (AvgIpc) is 3.57. The number of aliphatic hydroxyl groups is 1. The molecule has 3 rings (SSSR count). The third-order valence-electron chi connectivity index (χ3n) is 5.16.